The zero-order valence-electron chi connectivity index (χ0n) is 7.18. The molecule has 0 atom stereocenters. The number of rotatable bonds is 1. The first-order chi connectivity index (χ1) is 6.15. The van der Waals surface area contributed by atoms with Crippen molar-refractivity contribution >= 4 is 12.3 Å². The third kappa shape index (κ3) is 1.24. The second-order valence-corrected chi connectivity index (χ2v) is 4.07. The lowest BCUT2D eigenvalue weighted by Crippen LogP contribution is -2.63. The zero-order chi connectivity index (χ0) is 9.47. The van der Waals surface area contributed by atoms with Crippen LogP contribution in [0, 0.1) is 11.3 Å². The van der Waals surface area contributed by atoms with Crippen LogP contribution in [-0.2, 0) is 0 Å². The molecule has 72 valence electrons. The highest BCUT2D eigenvalue weighted by molar-refractivity contribution is 5.67. The Kier molecular flexibility index (Phi) is 1.68. The number of nitrogens with zero attached hydrogens (tertiary/aromatic N) is 2. The maximum atomic E-state index is 10.5. The Morgan fingerprint density at radius 1 is 1.54 bits per heavy atom. The van der Waals surface area contributed by atoms with Crippen molar-refractivity contribution in [1.29, 1.82) is 0 Å². The van der Waals surface area contributed by atoms with Gasteiger partial charge in [-0.1, -0.05) is 0 Å². The smallest absolute Gasteiger partial charge is 0.407 e. The summed E-state index contributed by atoms with van der Waals surface area (Å²) >= 11 is 0. The fraction of sp³-hybridized carbons (Fsp3) is 0.750. The van der Waals surface area contributed by atoms with Crippen LogP contribution in [0.4, 0.5) is 4.79 Å². The van der Waals surface area contributed by atoms with Gasteiger partial charge in [0.2, 0.25) is 0 Å². The van der Waals surface area contributed by atoms with E-state index in [9.17, 15) is 4.79 Å². The maximum Gasteiger partial charge on any atom is 0.407 e. The minimum Gasteiger partial charge on any atom is -0.465 e. The monoisotopic (exact) mass is 184 g/mol. The highest BCUT2D eigenvalue weighted by Crippen LogP contribution is 2.51. The van der Waals surface area contributed by atoms with E-state index in [2.05, 4.69) is 5.16 Å². The summed E-state index contributed by atoms with van der Waals surface area (Å²) in [6.45, 7) is 1.30. The topological polar surface area (TPSA) is 73.1 Å². The van der Waals surface area contributed by atoms with E-state index in [1.165, 1.54) is 11.1 Å². The second-order valence-electron chi connectivity index (χ2n) is 4.07. The molecule has 0 bridgehead atoms. The van der Waals surface area contributed by atoms with Crippen LogP contribution in [0.15, 0.2) is 5.16 Å². The van der Waals surface area contributed by atoms with Gasteiger partial charge in [0, 0.05) is 24.7 Å². The first-order valence-corrected chi connectivity index (χ1v) is 4.31. The van der Waals surface area contributed by atoms with Crippen LogP contribution in [0.25, 0.3) is 0 Å². The molecule has 0 radical (unpaired) electrons. The van der Waals surface area contributed by atoms with Crippen molar-refractivity contribution < 1.29 is 15.1 Å². The molecule has 0 aromatic heterocycles. The van der Waals surface area contributed by atoms with Crippen molar-refractivity contribution in [2.75, 3.05) is 13.1 Å². The minimum atomic E-state index is -0.829. The summed E-state index contributed by atoms with van der Waals surface area (Å²) in [5, 5.41) is 19.9. The Balaban J connectivity index is 1.79. The molecule has 2 rings (SSSR count). The summed E-state index contributed by atoms with van der Waals surface area (Å²) < 4.78 is 0. The van der Waals surface area contributed by atoms with Crippen LogP contribution in [0.2, 0.25) is 0 Å². The Bertz CT molecular complexity index is 250. The Labute approximate surface area is 75.6 Å². The third-order valence-electron chi connectivity index (χ3n) is 2.99. The molecule has 1 aliphatic heterocycles. The SMILES string of the molecule is O=C(O)N1CC2(CC(C=NO)C2)C1. The molecule has 1 heterocycles. The van der Waals surface area contributed by atoms with E-state index >= 15 is 0 Å². The van der Waals surface area contributed by atoms with Crippen molar-refractivity contribution in [2.24, 2.45) is 16.5 Å². The average Bonchev–Trinajstić information content (AvgIpc) is 1.90. The fourth-order valence-corrected chi connectivity index (χ4v) is 2.41. The molecule has 1 spiro atoms. The van der Waals surface area contributed by atoms with Gasteiger partial charge in [-0.25, -0.2) is 4.79 Å². The van der Waals surface area contributed by atoms with E-state index in [4.69, 9.17) is 10.3 Å². The number of carboxylic acid groups (broad SMARTS) is 1. The summed E-state index contributed by atoms with van der Waals surface area (Å²) in [4.78, 5) is 11.9. The van der Waals surface area contributed by atoms with Gasteiger partial charge in [-0.05, 0) is 18.8 Å². The minimum absolute atomic E-state index is 0.213. The molecule has 2 fully saturated rings. The van der Waals surface area contributed by atoms with Crippen LogP contribution in [-0.4, -0.2) is 40.6 Å². The van der Waals surface area contributed by atoms with Crippen LogP contribution in [0.5, 0.6) is 0 Å². The van der Waals surface area contributed by atoms with E-state index in [-0.39, 0.29) is 5.41 Å². The second kappa shape index (κ2) is 2.61. The molecule has 1 aliphatic carbocycles. The largest absolute Gasteiger partial charge is 0.465 e. The van der Waals surface area contributed by atoms with Gasteiger partial charge >= 0.3 is 6.09 Å². The van der Waals surface area contributed by atoms with Crippen LogP contribution >= 0.6 is 0 Å². The van der Waals surface area contributed by atoms with Gasteiger partial charge in [0.05, 0.1) is 0 Å². The normalized spacial score (nSPS) is 26.0. The molecule has 13 heavy (non-hydrogen) atoms. The zero-order valence-corrected chi connectivity index (χ0v) is 7.18. The molecule has 0 aromatic carbocycles. The standard InChI is InChI=1S/C8H12N2O3/c11-7(12)10-4-8(5-10)1-6(2-8)3-9-13/h3,6,13H,1-2,4-5H2,(H,11,12). The number of oxime groups is 1. The first-order valence-electron chi connectivity index (χ1n) is 4.31. The quantitative estimate of drug-likeness (QED) is 0.360. The van der Waals surface area contributed by atoms with Gasteiger partial charge in [0.15, 0.2) is 0 Å². The number of amides is 1. The molecule has 1 saturated heterocycles. The van der Waals surface area contributed by atoms with Gasteiger partial charge in [-0.3, -0.25) is 0 Å². The summed E-state index contributed by atoms with van der Waals surface area (Å²) in [6, 6.07) is 0. The van der Waals surface area contributed by atoms with Gasteiger partial charge < -0.3 is 15.2 Å². The van der Waals surface area contributed by atoms with Crippen molar-refractivity contribution in [1.82, 2.24) is 4.90 Å². The van der Waals surface area contributed by atoms with E-state index in [1.807, 2.05) is 0 Å². The summed E-state index contributed by atoms with van der Waals surface area (Å²) in [7, 11) is 0. The van der Waals surface area contributed by atoms with Gasteiger partial charge in [-0.2, -0.15) is 0 Å². The van der Waals surface area contributed by atoms with E-state index < -0.39 is 6.09 Å². The van der Waals surface area contributed by atoms with Crippen molar-refractivity contribution in [3.63, 3.8) is 0 Å². The molecule has 1 amide bonds. The molecule has 5 nitrogen and oxygen atoms in total. The highest BCUT2D eigenvalue weighted by Gasteiger charge is 2.53. The number of hydrogen-bond acceptors (Lipinski definition) is 3. The molecule has 2 aliphatic rings. The molecule has 0 unspecified atom stereocenters. The van der Waals surface area contributed by atoms with E-state index in [0.29, 0.717) is 19.0 Å². The molecular formula is C8H12N2O3. The number of carbonyl (C=O) groups is 1. The highest BCUT2D eigenvalue weighted by atomic mass is 16.4. The average molecular weight is 184 g/mol. The van der Waals surface area contributed by atoms with Crippen molar-refractivity contribution in [2.45, 2.75) is 12.8 Å². The van der Waals surface area contributed by atoms with Gasteiger partial charge in [0.25, 0.3) is 0 Å². The molecule has 1 saturated carbocycles. The first kappa shape index (κ1) is 8.34. The third-order valence-corrected chi connectivity index (χ3v) is 2.99. The summed E-state index contributed by atoms with van der Waals surface area (Å²) in [6.07, 6.45) is 2.63. The Hall–Kier alpha value is -1.26. The predicted molar refractivity (Wildman–Crippen MR) is 45.0 cm³/mol. The fourth-order valence-electron chi connectivity index (χ4n) is 2.41. The summed E-state index contributed by atoms with van der Waals surface area (Å²) in [5.41, 5.74) is 0.213. The molecular weight excluding hydrogens is 172 g/mol. The van der Waals surface area contributed by atoms with E-state index in [0.717, 1.165) is 12.8 Å². The van der Waals surface area contributed by atoms with Crippen LogP contribution in [0.3, 0.4) is 0 Å². The molecule has 0 aromatic rings. The predicted octanol–water partition coefficient (Wildman–Crippen LogP) is 0.836. The van der Waals surface area contributed by atoms with Gasteiger partial charge in [0.1, 0.15) is 0 Å². The van der Waals surface area contributed by atoms with Crippen LogP contribution in [0.1, 0.15) is 12.8 Å². The van der Waals surface area contributed by atoms with Crippen molar-refractivity contribution in [3.8, 4) is 0 Å². The lowest BCUT2D eigenvalue weighted by molar-refractivity contribution is -0.0613. The maximum absolute atomic E-state index is 10.5. The van der Waals surface area contributed by atoms with E-state index in [1.54, 1.807) is 0 Å². The Morgan fingerprint density at radius 2 is 2.15 bits per heavy atom. The molecule has 2 N–H and O–H groups in total. The Morgan fingerprint density at radius 3 is 2.62 bits per heavy atom. The lowest BCUT2D eigenvalue weighted by Gasteiger charge is -2.57. The molecule has 5 heteroatoms. The van der Waals surface area contributed by atoms with Crippen molar-refractivity contribution in [3.05, 3.63) is 0 Å². The van der Waals surface area contributed by atoms with Gasteiger partial charge in [-0.15, -0.1) is 5.16 Å². The summed E-state index contributed by atoms with van der Waals surface area (Å²) in [5.74, 6) is 0.348. The number of likely N-dealkylation sites (tertiary alicyclic amines) is 1. The lowest BCUT2D eigenvalue weighted by atomic mass is 9.58. The number of hydrogen-bond donors (Lipinski definition) is 2. The van der Waals surface area contributed by atoms with Crippen LogP contribution < -0.4 is 0 Å².